The molecule has 0 aliphatic heterocycles. The lowest BCUT2D eigenvalue weighted by atomic mass is 9.67. The van der Waals surface area contributed by atoms with E-state index in [2.05, 4.69) is 169 Å². The van der Waals surface area contributed by atoms with Gasteiger partial charge in [-0.15, -0.1) is 0 Å². The number of nitrogens with one attached hydrogen (secondary N) is 2. The Labute approximate surface area is 349 Å². The van der Waals surface area contributed by atoms with Crippen molar-refractivity contribution in [1.29, 1.82) is 0 Å². The highest BCUT2D eigenvalue weighted by atomic mass is 14.8. The molecule has 59 heavy (non-hydrogen) atoms. The molecule has 4 aromatic carbocycles. The third kappa shape index (κ3) is 7.78. The lowest BCUT2D eigenvalue weighted by molar-refractivity contribution is 0.198. The summed E-state index contributed by atoms with van der Waals surface area (Å²) in [5.74, 6) is 1.32. The standard InChI is InChI=1S/C55H56N4/c1-54(31-27-40(28-32-54)38-15-5-3-6-16-38)36-46-44-21-9-11-23-48(44)58-52(46)50-25-13-19-42(56-50)35-43-20-14-26-51(57-43)53-47(45-22-10-12-24-49(45)59-53)37-55(2)33-29-41(30-34-55)39-17-7-4-8-18-39/h3-26,40-41,58-59H,27-37H2,1-2H3. The van der Waals surface area contributed by atoms with Gasteiger partial charge in [-0.25, -0.2) is 0 Å². The number of rotatable bonds is 10. The highest BCUT2D eigenvalue weighted by Gasteiger charge is 2.35. The zero-order valence-corrected chi connectivity index (χ0v) is 34.7. The van der Waals surface area contributed by atoms with Crippen molar-refractivity contribution in [3.05, 3.63) is 179 Å². The first-order valence-electron chi connectivity index (χ1n) is 22.1. The molecule has 0 radical (unpaired) electrons. The van der Waals surface area contributed by atoms with Crippen LogP contribution in [-0.2, 0) is 19.3 Å². The molecule has 8 aromatic rings. The summed E-state index contributed by atoms with van der Waals surface area (Å²) in [5, 5.41) is 2.64. The highest BCUT2D eigenvalue weighted by Crippen LogP contribution is 2.48. The van der Waals surface area contributed by atoms with Crippen molar-refractivity contribution in [3.63, 3.8) is 0 Å². The average molecular weight is 773 g/mol. The van der Waals surface area contributed by atoms with Gasteiger partial charge in [-0.3, -0.25) is 9.97 Å². The second-order valence-corrected chi connectivity index (χ2v) is 18.6. The zero-order valence-electron chi connectivity index (χ0n) is 34.7. The molecule has 10 rings (SSSR count). The Morgan fingerprint density at radius 2 is 0.847 bits per heavy atom. The number of aromatic amines is 2. The van der Waals surface area contributed by atoms with Crippen LogP contribution < -0.4 is 0 Å². The first-order chi connectivity index (χ1) is 28.9. The predicted octanol–water partition coefficient (Wildman–Crippen LogP) is 14.2. The van der Waals surface area contributed by atoms with Gasteiger partial charge in [0.1, 0.15) is 0 Å². The lowest BCUT2D eigenvalue weighted by Gasteiger charge is -2.38. The van der Waals surface area contributed by atoms with Crippen molar-refractivity contribution in [2.75, 3.05) is 0 Å². The summed E-state index contributed by atoms with van der Waals surface area (Å²) in [6.07, 6.45) is 12.6. The summed E-state index contributed by atoms with van der Waals surface area (Å²) in [7, 11) is 0. The molecule has 0 amide bonds. The minimum atomic E-state index is 0.243. The van der Waals surface area contributed by atoms with E-state index in [1.54, 1.807) is 0 Å². The Morgan fingerprint density at radius 1 is 0.458 bits per heavy atom. The van der Waals surface area contributed by atoms with Gasteiger partial charge in [0.15, 0.2) is 0 Å². The summed E-state index contributed by atoms with van der Waals surface area (Å²) < 4.78 is 0. The van der Waals surface area contributed by atoms with Gasteiger partial charge in [-0.05, 0) is 146 Å². The number of fused-ring (bicyclic) bond motifs is 2. The molecular formula is C55H56N4. The van der Waals surface area contributed by atoms with E-state index >= 15 is 0 Å². The van der Waals surface area contributed by atoms with Gasteiger partial charge in [0.2, 0.25) is 0 Å². The molecule has 2 aliphatic carbocycles. The van der Waals surface area contributed by atoms with E-state index in [1.807, 2.05) is 0 Å². The zero-order chi connectivity index (χ0) is 39.8. The average Bonchev–Trinajstić information content (AvgIpc) is 3.82. The molecule has 0 saturated heterocycles. The monoisotopic (exact) mass is 772 g/mol. The Hall–Kier alpha value is -5.74. The second-order valence-electron chi connectivity index (χ2n) is 18.6. The molecule has 2 aliphatic rings. The van der Waals surface area contributed by atoms with Gasteiger partial charge in [-0.2, -0.15) is 0 Å². The van der Waals surface area contributed by atoms with Crippen molar-refractivity contribution in [2.45, 2.75) is 96.3 Å². The number of hydrogen-bond acceptors (Lipinski definition) is 2. The molecule has 2 fully saturated rings. The third-order valence-electron chi connectivity index (χ3n) is 14.2. The number of nitrogens with zero attached hydrogens (tertiary/aromatic N) is 2. The molecule has 0 atom stereocenters. The molecule has 4 aromatic heterocycles. The molecule has 0 unspecified atom stereocenters. The molecule has 2 N–H and O–H groups in total. The van der Waals surface area contributed by atoms with Crippen molar-refractivity contribution in [3.8, 4) is 22.8 Å². The molecule has 4 heterocycles. The van der Waals surface area contributed by atoms with Crippen LogP contribution in [0.5, 0.6) is 0 Å². The SMILES string of the molecule is CC1(Cc2c(-c3cccc(Cc4cccc(-c5[nH]c6ccccc6c5CC5(C)CCC(c6ccccc6)CC5)n4)n3)[nH]c3ccccc23)CCC(c2ccccc2)CC1. The fraction of sp³-hybridized carbons (Fsp3) is 0.309. The van der Waals surface area contributed by atoms with Gasteiger partial charge >= 0.3 is 0 Å². The number of aromatic nitrogens is 4. The van der Waals surface area contributed by atoms with Crippen LogP contribution in [-0.4, -0.2) is 19.9 Å². The molecule has 4 heteroatoms. The Morgan fingerprint density at radius 3 is 1.27 bits per heavy atom. The topological polar surface area (TPSA) is 57.4 Å². The molecule has 4 nitrogen and oxygen atoms in total. The van der Waals surface area contributed by atoms with Gasteiger partial charge in [0.05, 0.1) is 22.8 Å². The summed E-state index contributed by atoms with van der Waals surface area (Å²) >= 11 is 0. The van der Waals surface area contributed by atoms with Crippen LogP contribution in [0, 0.1) is 10.8 Å². The van der Waals surface area contributed by atoms with Crippen LogP contribution in [0.15, 0.2) is 146 Å². The van der Waals surface area contributed by atoms with Crippen LogP contribution in [0.25, 0.3) is 44.6 Å². The van der Waals surface area contributed by atoms with E-state index in [1.165, 1.54) is 95.4 Å². The van der Waals surface area contributed by atoms with Crippen molar-refractivity contribution in [2.24, 2.45) is 10.8 Å². The quantitative estimate of drug-likeness (QED) is 0.145. The first kappa shape index (κ1) is 37.5. The molecule has 0 spiro atoms. The van der Waals surface area contributed by atoms with Crippen molar-refractivity contribution < 1.29 is 0 Å². The summed E-state index contributed by atoms with van der Waals surface area (Å²) in [6.45, 7) is 5.02. The normalized spacial score (nSPS) is 22.2. The lowest BCUT2D eigenvalue weighted by Crippen LogP contribution is -2.26. The van der Waals surface area contributed by atoms with Crippen LogP contribution >= 0.6 is 0 Å². The maximum atomic E-state index is 5.35. The van der Waals surface area contributed by atoms with Crippen LogP contribution in [0.1, 0.15) is 111 Å². The maximum absolute atomic E-state index is 5.35. The molecule has 296 valence electrons. The molecule has 0 bridgehead atoms. The van der Waals surface area contributed by atoms with E-state index in [0.29, 0.717) is 18.3 Å². The van der Waals surface area contributed by atoms with Crippen molar-refractivity contribution in [1.82, 2.24) is 19.9 Å². The van der Waals surface area contributed by atoms with E-state index in [9.17, 15) is 0 Å². The van der Waals surface area contributed by atoms with Gasteiger partial charge < -0.3 is 9.97 Å². The molecule has 2 saturated carbocycles. The van der Waals surface area contributed by atoms with Crippen LogP contribution in [0.2, 0.25) is 0 Å². The highest BCUT2D eigenvalue weighted by molar-refractivity contribution is 5.91. The van der Waals surface area contributed by atoms with Crippen molar-refractivity contribution >= 4 is 21.8 Å². The van der Waals surface area contributed by atoms with E-state index in [-0.39, 0.29) is 10.8 Å². The van der Waals surface area contributed by atoms with E-state index in [4.69, 9.17) is 9.97 Å². The Bertz CT molecular complexity index is 2500. The van der Waals surface area contributed by atoms with Crippen LogP contribution in [0.4, 0.5) is 0 Å². The minimum Gasteiger partial charge on any atom is -0.353 e. The number of pyridine rings is 2. The Balaban J connectivity index is 0.904. The van der Waals surface area contributed by atoms with E-state index < -0.39 is 0 Å². The van der Waals surface area contributed by atoms with Gasteiger partial charge in [-0.1, -0.05) is 123 Å². The fourth-order valence-corrected chi connectivity index (χ4v) is 10.8. The largest absolute Gasteiger partial charge is 0.353 e. The third-order valence-corrected chi connectivity index (χ3v) is 14.2. The predicted molar refractivity (Wildman–Crippen MR) is 245 cm³/mol. The fourth-order valence-electron chi connectivity index (χ4n) is 10.8. The smallest absolute Gasteiger partial charge is 0.0871 e. The second kappa shape index (κ2) is 15.8. The van der Waals surface area contributed by atoms with E-state index in [0.717, 1.165) is 47.0 Å². The number of hydrogen-bond donors (Lipinski definition) is 2. The number of H-pyrrole nitrogens is 2. The first-order valence-corrected chi connectivity index (χ1v) is 22.1. The summed E-state index contributed by atoms with van der Waals surface area (Å²) in [6, 6.07) is 52.9. The van der Waals surface area contributed by atoms with Crippen LogP contribution in [0.3, 0.4) is 0 Å². The Kier molecular flexibility index (Phi) is 10.0. The van der Waals surface area contributed by atoms with Gasteiger partial charge in [0.25, 0.3) is 0 Å². The maximum Gasteiger partial charge on any atom is 0.0871 e. The van der Waals surface area contributed by atoms with Gasteiger partial charge in [0, 0.05) is 39.6 Å². The summed E-state index contributed by atoms with van der Waals surface area (Å²) in [5.41, 5.74) is 15.1. The summed E-state index contributed by atoms with van der Waals surface area (Å²) in [4.78, 5) is 18.4. The molecular weight excluding hydrogens is 717 g/mol. The number of benzene rings is 4. The minimum absolute atomic E-state index is 0.243. The number of para-hydroxylation sites is 2.